The molecule has 0 N–H and O–H groups in total. The van der Waals surface area contributed by atoms with Gasteiger partial charge < -0.3 is 14.2 Å². The van der Waals surface area contributed by atoms with E-state index in [4.69, 9.17) is 9.26 Å². The highest BCUT2D eigenvalue weighted by Gasteiger charge is 2.25. The minimum Gasteiger partial charge on any atom is -0.383 e. The Bertz CT molecular complexity index is 960. The van der Waals surface area contributed by atoms with Crippen molar-refractivity contribution in [3.8, 4) is 11.3 Å². The second kappa shape index (κ2) is 8.39. The molecule has 0 bridgehead atoms. The molecule has 148 valence electrons. The summed E-state index contributed by atoms with van der Waals surface area (Å²) in [4.78, 5) is 15.0. The zero-order chi connectivity index (χ0) is 20.3. The van der Waals surface area contributed by atoms with Crippen molar-refractivity contribution in [1.82, 2.24) is 19.8 Å². The number of nitrogens with zero attached hydrogens (tertiary/aromatic N) is 4. The van der Waals surface area contributed by atoms with E-state index in [1.165, 1.54) is 0 Å². The first-order valence-electron chi connectivity index (χ1n) is 9.21. The molecule has 28 heavy (non-hydrogen) atoms. The average Bonchev–Trinajstić information content (AvgIpc) is 3.27. The fourth-order valence-electron chi connectivity index (χ4n) is 3.16. The summed E-state index contributed by atoms with van der Waals surface area (Å²) in [5, 5.41) is 8.24. The minimum atomic E-state index is -0.192. The lowest BCUT2D eigenvalue weighted by Gasteiger charge is -2.28. The van der Waals surface area contributed by atoms with Gasteiger partial charge in [0.25, 0.3) is 5.91 Å². The van der Waals surface area contributed by atoms with E-state index >= 15 is 0 Å². The van der Waals surface area contributed by atoms with Crippen LogP contribution >= 0.6 is 0 Å². The van der Waals surface area contributed by atoms with E-state index < -0.39 is 0 Å². The Hall–Kier alpha value is -2.93. The topological polar surface area (TPSA) is 73.4 Å². The van der Waals surface area contributed by atoms with E-state index in [0.29, 0.717) is 18.9 Å². The number of rotatable bonds is 7. The van der Waals surface area contributed by atoms with Gasteiger partial charge in [-0.3, -0.25) is 9.48 Å². The second-order valence-corrected chi connectivity index (χ2v) is 7.07. The molecule has 7 nitrogen and oxygen atoms in total. The first kappa shape index (κ1) is 19.8. The first-order valence-corrected chi connectivity index (χ1v) is 9.21. The van der Waals surface area contributed by atoms with Crippen molar-refractivity contribution < 1.29 is 14.1 Å². The van der Waals surface area contributed by atoms with Crippen molar-refractivity contribution in [2.45, 2.75) is 33.4 Å². The highest BCUT2D eigenvalue weighted by molar-refractivity contribution is 5.93. The number of methoxy groups -OCH3 is 1. The van der Waals surface area contributed by atoms with E-state index in [1.54, 1.807) is 29.0 Å². The molecule has 2 heterocycles. The Morgan fingerprint density at radius 1 is 1.32 bits per heavy atom. The number of aromatic nitrogens is 3. The third kappa shape index (κ3) is 4.14. The molecule has 0 aliphatic heterocycles. The van der Waals surface area contributed by atoms with Crippen LogP contribution in [0.25, 0.3) is 11.3 Å². The number of carbonyl (C=O) groups excluding carboxylic acids is 1. The molecule has 1 amide bonds. The van der Waals surface area contributed by atoms with Gasteiger partial charge in [0.15, 0.2) is 11.5 Å². The van der Waals surface area contributed by atoms with Crippen molar-refractivity contribution in [2.75, 3.05) is 13.7 Å². The maximum absolute atomic E-state index is 13.2. The summed E-state index contributed by atoms with van der Waals surface area (Å²) < 4.78 is 12.5. The van der Waals surface area contributed by atoms with Crippen molar-refractivity contribution in [2.24, 2.45) is 7.05 Å². The zero-order valence-corrected chi connectivity index (χ0v) is 17.0. The molecule has 0 saturated heterocycles. The van der Waals surface area contributed by atoms with Gasteiger partial charge in [-0.2, -0.15) is 5.10 Å². The van der Waals surface area contributed by atoms with Gasteiger partial charge in [-0.15, -0.1) is 0 Å². The van der Waals surface area contributed by atoms with Gasteiger partial charge in [0, 0.05) is 32.5 Å². The van der Waals surface area contributed by atoms with Crippen molar-refractivity contribution in [1.29, 1.82) is 0 Å². The summed E-state index contributed by atoms with van der Waals surface area (Å²) in [6.07, 6.45) is 1.71. The summed E-state index contributed by atoms with van der Waals surface area (Å²) in [5.74, 6) is 0.339. The van der Waals surface area contributed by atoms with Gasteiger partial charge in [-0.05, 0) is 26.3 Å². The maximum Gasteiger partial charge on any atom is 0.276 e. The molecule has 0 aliphatic rings. The van der Waals surface area contributed by atoms with E-state index in [1.807, 2.05) is 46.0 Å². The predicted octanol–water partition coefficient (Wildman–Crippen LogP) is 3.37. The van der Waals surface area contributed by atoms with Crippen LogP contribution in [0.5, 0.6) is 0 Å². The van der Waals surface area contributed by atoms with Gasteiger partial charge in [0.2, 0.25) is 0 Å². The quantitative estimate of drug-likeness (QED) is 0.626. The molecule has 0 aliphatic carbocycles. The van der Waals surface area contributed by atoms with Crippen LogP contribution in [0.1, 0.15) is 34.2 Å². The zero-order valence-electron chi connectivity index (χ0n) is 17.0. The van der Waals surface area contributed by atoms with E-state index in [9.17, 15) is 4.79 Å². The number of carbonyl (C=O) groups is 1. The fourth-order valence-corrected chi connectivity index (χ4v) is 3.16. The third-order valence-electron chi connectivity index (χ3n) is 4.87. The minimum absolute atomic E-state index is 0.113. The molecular weight excluding hydrogens is 356 g/mol. The number of aryl methyl sites for hydroxylation is 2. The van der Waals surface area contributed by atoms with Gasteiger partial charge in [-0.25, -0.2) is 0 Å². The van der Waals surface area contributed by atoms with Crippen LogP contribution in [0, 0.1) is 13.8 Å². The molecule has 0 fully saturated rings. The standard InChI is InChI=1S/C21H26N4O3/c1-14-7-6-8-17(9-14)12-25(15(2)13-27-5)21(26)19-10-20(28-23-19)18-11-22-24(4)16(18)3/h6-11,15H,12-13H2,1-5H3/t15-/m0/s1. The van der Waals surface area contributed by atoms with Gasteiger partial charge >= 0.3 is 0 Å². The smallest absolute Gasteiger partial charge is 0.276 e. The number of hydrogen-bond donors (Lipinski definition) is 0. The lowest BCUT2D eigenvalue weighted by Crippen LogP contribution is -2.40. The van der Waals surface area contributed by atoms with Crippen LogP contribution in [0.4, 0.5) is 0 Å². The second-order valence-electron chi connectivity index (χ2n) is 7.07. The molecule has 0 saturated carbocycles. The van der Waals surface area contributed by atoms with Crippen LogP contribution in [-0.4, -0.2) is 45.5 Å². The highest BCUT2D eigenvalue weighted by Crippen LogP contribution is 2.24. The van der Waals surface area contributed by atoms with Crippen LogP contribution < -0.4 is 0 Å². The lowest BCUT2D eigenvalue weighted by atomic mass is 10.1. The number of amides is 1. The number of benzene rings is 1. The first-order chi connectivity index (χ1) is 13.4. The molecule has 0 spiro atoms. The predicted molar refractivity (Wildman–Crippen MR) is 106 cm³/mol. The molecule has 7 heteroatoms. The molecule has 0 unspecified atom stereocenters. The third-order valence-corrected chi connectivity index (χ3v) is 4.87. The molecule has 2 aromatic heterocycles. The summed E-state index contributed by atoms with van der Waals surface area (Å²) in [7, 11) is 3.49. The Labute approximate surface area is 164 Å². The van der Waals surface area contributed by atoms with Crippen molar-refractivity contribution >= 4 is 5.91 Å². The molecule has 1 aromatic carbocycles. The Kier molecular flexibility index (Phi) is 5.94. The van der Waals surface area contributed by atoms with Crippen LogP contribution in [0.2, 0.25) is 0 Å². The monoisotopic (exact) mass is 382 g/mol. The Morgan fingerprint density at radius 2 is 2.11 bits per heavy atom. The van der Waals surface area contributed by atoms with E-state index in [-0.39, 0.29) is 17.6 Å². The molecule has 3 rings (SSSR count). The summed E-state index contributed by atoms with van der Waals surface area (Å²) >= 11 is 0. The van der Waals surface area contributed by atoms with Crippen molar-refractivity contribution in [3.63, 3.8) is 0 Å². The summed E-state index contributed by atoms with van der Waals surface area (Å²) in [5.41, 5.74) is 4.25. The molecule has 0 radical (unpaired) electrons. The number of hydrogen-bond acceptors (Lipinski definition) is 5. The van der Waals surface area contributed by atoms with E-state index in [2.05, 4.69) is 16.3 Å². The Morgan fingerprint density at radius 3 is 2.75 bits per heavy atom. The fraction of sp³-hybridized carbons (Fsp3) is 0.381. The molecular formula is C21H26N4O3. The highest BCUT2D eigenvalue weighted by atomic mass is 16.5. The summed E-state index contributed by atoms with van der Waals surface area (Å²) in [6, 6.07) is 9.68. The number of ether oxygens (including phenoxy) is 1. The molecule has 1 atom stereocenters. The summed E-state index contributed by atoms with van der Waals surface area (Å²) in [6.45, 7) is 6.85. The normalized spacial score (nSPS) is 12.2. The van der Waals surface area contributed by atoms with E-state index in [0.717, 1.165) is 22.4 Å². The molecule has 3 aromatic rings. The van der Waals surface area contributed by atoms with Crippen LogP contribution in [0.3, 0.4) is 0 Å². The lowest BCUT2D eigenvalue weighted by molar-refractivity contribution is 0.0532. The van der Waals surface area contributed by atoms with Crippen LogP contribution in [-0.2, 0) is 18.3 Å². The SMILES string of the molecule is COC[C@H](C)N(Cc1cccc(C)c1)C(=O)c1cc(-c2cnn(C)c2C)on1. The van der Waals surface area contributed by atoms with Gasteiger partial charge in [-0.1, -0.05) is 35.0 Å². The Balaban J connectivity index is 1.87. The van der Waals surface area contributed by atoms with Gasteiger partial charge in [0.05, 0.1) is 24.4 Å². The largest absolute Gasteiger partial charge is 0.383 e. The van der Waals surface area contributed by atoms with Crippen LogP contribution in [0.15, 0.2) is 41.1 Å². The van der Waals surface area contributed by atoms with Crippen molar-refractivity contribution in [3.05, 3.63) is 59.0 Å². The average molecular weight is 382 g/mol. The maximum atomic E-state index is 13.2. The van der Waals surface area contributed by atoms with Gasteiger partial charge in [0.1, 0.15) is 0 Å².